The zero-order chi connectivity index (χ0) is 23.3. The number of nitrogens with one attached hydrogen (secondary N) is 1. The summed E-state index contributed by atoms with van der Waals surface area (Å²) in [5, 5.41) is 12.5. The van der Waals surface area contributed by atoms with Crippen molar-refractivity contribution in [2.24, 2.45) is 0 Å². The standard InChI is InChI=1S/C26H25N3O3/c1-17-14-22(19(3)29(17)24-12-10-21(11-13-24)26(31)32-4)15-23(16-27)25(30)28-18(2)20-8-6-5-7-9-20/h5-15,18H,1-4H3,(H,28,30)/b23-15-/t18-/m0/s1. The summed E-state index contributed by atoms with van der Waals surface area (Å²) < 4.78 is 6.75. The molecule has 1 N–H and O–H groups in total. The number of benzene rings is 2. The van der Waals surface area contributed by atoms with Crippen LogP contribution < -0.4 is 5.32 Å². The zero-order valence-corrected chi connectivity index (χ0v) is 18.5. The van der Waals surface area contributed by atoms with Crippen LogP contribution in [0.15, 0.2) is 66.2 Å². The van der Waals surface area contributed by atoms with E-state index in [9.17, 15) is 14.9 Å². The summed E-state index contributed by atoms with van der Waals surface area (Å²) in [6, 6.07) is 20.4. The Kier molecular flexibility index (Phi) is 6.91. The van der Waals surface area contributed by atoms with Gasteiger partial charge in [0.2, 0.25) is 0 Å². The minimum Gasteiger partial charge on any atom is -0.465 e. The molecular weight excluding hydrogens is 402 g/mol. The van der Waals surface area contributed by atoms with Gasteiger partial charge in [0.15, 0.2) is 0 Å². The molecule has 0 unspecified atom stereocenters. The third-order valence-electron chi connectivity index (χ3n) is 5.33. The fraction of sp³-hybridized carbons (Fsp3) is 0.192. The Labute approximate surface area is 187 Å². The summed E-state index contributed by atoms with van der Waals surface area (Å²) >= 11 is 0. The monoisotopic (exact) mass is 427 g/mol. The van der Waals surface area contributed by atoms with Crippen LogP contribution in [0.4, 0.5) is 0 Å². The second kappa shape index (κ2) is 9.80. The lowest BCUT2D eigenvalue weighted by atomic mass is 10.1. The van der Waals surface area contributed by atoms with Gasteiger partial charge in [-0.15, -0.1) is 0 Å². The third kappa shape index (κ3) is 4.79. The maximum absolute atomic E-state index is 12.7. The molecule has 3 aromatic rings. The zero-order valence-electron chi connectivity index (χ0n) is 18.5. The molecule has 6 nitrogen and oxygen atoms in total. The van der Waals surface area contributed by atoms with E-state index in [4.69, 9.17) is 4.74 Å². The van der Waals surface area contributed by atoms with Gasteiger partial charge in [0.05, 0.1) is 18.7 Å². The van der Waals surface area contributed by atoms with Gasteiger partial charge in [-0.3, -0.25) is 4.79 Å². The van der Waals surface area contributed by atoms with Crippen LogP contribution in [0.2, 0.25) is 0 Å². The van der Waals surface area contributed by atoms with E-state index in [0.29, 0.717) is 5.56 Å². The number of hydrogen-bond acceptors (Lipinski definition) is 4. The fourth-order valence-corrected chi connectivity index (χ4v) is 3.60. The number of aryl methyl sites for hydroxylation is 1. The van der Waals surface area contributed by atoms with E-state index in [0.717, 1.165) is 28.2 Å². The van der Waals surface area contributed by atoms with Crippen molar-refractivity contribution < 1.29 is 14.3 Å². The second-order valence-electron chi connectivity index (χ2n) is 7.48. The normalized spacial score (nSPS) is 12.0. The molecule has 0 saturated carbocycles. The summed E-state index contributed by atoms with van der Waals surface area (Å²) in [5.74, 6) is -0.813. The van der Waals surface area contributed by atoms with Gasteiger partial charge >= 0.3 is 5.97 Å². The first-order chi connectivity index (χ1) is 15.3. The number of methoxy groups -OCH3 is 1. The number of nitrogens with zero attached hydrogens (tertiary/aromatic N) is 2. The van der Waals surface area contributed by atoms with Gasteiger partial charge < -0.3 is 14.6 Å². The predicted molar refractivity (Wildman–Crippen MR) is 123 cm³/mol. The van der Waals surface area contributed by atoms with Gasteiger partial charge in [0, 0.05) is 17.1 Å². The molecule has 0 bridgehead atoms. The van der Waals surface area contributed by atoms with Crippen molar-refractivity contribution in [1.82, 2.24) is 9.88 Å². The molecule has 1 heterocycles. The van der Waals surface area contributed by atoms with Gasteiger partial charge in [-0.25, -0.2) is 4.79 Å². The van der Waals surface area contributed by atoms with Crippen molar-refractivity contribution >= 4 is 18.0 Å². The Balaban J connectivity index is 1.87. The maximum atomic E-state index is 12.7. The molecule has 0 fully saturated rings. The Morgan fingerprint density at radius 2 is 1.75 bits per heavy atom. The molecule has 6 heteroatoms. The average molecular weight is 428 g/mol. The van der Waals surface area contributed by atoms with Crippen LogP contribution in [0, 0.1) is 25.2 Å². The van der Waals surface area contributed by atoms with Crippen molar-refractivity contribution in [1.29, 1.82) is 5.26 Å². The van der Waals surface area contributed by atoms with Gasteiger partial charge in [0.25, 0.3) is 5.91 Å². The summed E-state index contributed by atoms with van der Waals surface area (Å²) in [7, 11) is 1.35. The van der Waals surface area contributed by atoms with E-state index in [-0.39, 0.29) is 11.6 Å². The molecular formula is C26H25N3O3. The Morgan fingerprint density at radius 1 is 1.09 bits per heavy atom. The van der Waals surface area contributed by atoms with Crippen molar-refractivity contribution in [2.75, 3.05) is 7.11 Å². The minimum absolute atomic E-state index is 0.0362. The molecule has 1 amide bonds. The highest BCUT2D eigenvalue weighted by Crippen LogP contribution is 2.23. The van der Waals surface area contributed by atoms with E-state index in [1.807, 2.05) is 79.9 Å². The first kappa shape index (κ1) is 22.6. The van der Waals surface area contributed by atoms with Crippen molar-refractivity contribution in [3.8, 4) is 11.8 Å². The largest absolute Gasteiger partial charge is 0.465 e. The van der Waals surface area contributed by atoms with E-state index in [1.54, 1.807) is 18.2 Å². The first-order valence-electron chi connectivity index (χ1n) is 10.2. The van der Waals surface area contributed by atoms with Gasteiger partial charge in [0.1, 0.15) is 11.6 Å². The SMILES string of the molecule is COC(=O)c1ccc(-n2c(C)cc(/C=C(/C#N)C(=O)N[C@@H](C)c3ccccc3)c2C)cc1. The molecule has 0 aliphatic rings. The van der Waals surface area contributed by atoms with Crippen molar-refractivity contribution in [3.63, 3.8) is 0 Å². The lowest BCUT2D eigenvalue weighted by Crippen LogP contribution is -2.27. The van der Waals surface area contributed by atoms with Crippen LogP contribution in [0.1, 0.15) is 45.8 Å². The number of amides is 1. The van der Waals surface area contributed by atoms with Crippen molar-refractivity contribution in [2.45, 2.75) is 26.8 Å². The maximum Gasteiger partial charge on any atom is 0.337 e. The molecule has 162 valence electrons. The molecule has 2 aromatic carbocycles. The Hall–Kier alpha value is -4.11. The number of ether oxygens (including phenoxy) is 1. The van der Waals surface area contributed by atoms with E-state index in [2.05, 4.69) is 5.32 Å². The smallest absolute Gasteiger partial charge is 0.337 e. The number of nitriles is 1. The van der Waals surface area contributed by atoms with E-state index < -0.39 is 11.9 Å². The molecule has 3 rings (SSSR count). The molecule has 0 aliphatic heterocycles. The van der Waals surface area contributed by atoms with Crippen LogP contribution in [0.5, 0.6) is 0 Å². The first-order valence-corrected chi connectivity index (χ1v) is 10.2. The van der Waals surface area contributed by atoms with Crippen LogP contribution in [-0.4, -0.2) is 23.6 Å². The Morgan fingerprint density at radius 3 is 2.34 bits per heavy atom. The Bertz CT molecular complexity index is 1200. The van der Waals surface area contributed by atoms with Crippen molar-refractivity contribution in [3.05, 3.63) is 94.3 Å². The number of carbonyl (C=O) groups excluding carboxylic acids is 2. The number of rotatable bonds is 6. The predicted octanol–water partition coefficient (Wildman–Crippen LogP) is 4.67. The van der Waals surface area contributed by atoms with Crippen LogP contribution in [-0.2, 0) is 9.53 Å². The summed E-state index contributed by atoms with van der Waals surface area (Å²) in [5.41, 5.74) is 4.93. The molecule has 1 atom stereocenters. The average Bonchev–Trinajstić information content (AvgIpc) is 3.09. The summed E-state index contributed by atoms with van der Waals surface area (Å²) in [6.45, 7) is 5.75. The fourth-order valence-electron chi connectivity index (χ4n) is 3.60. The molecule has 0 radical (unpaired) electrons. The molecule has 0 aliphatic carbocycles. The highest BCUT2D eigenvalue weighted by molar-refractivity contribution is 6.02. The van der Waals surface area contributed by atoms with Crippen LogP contribution >= 0.6 is 0 Å². The summed E-state index contributed by atoms with van der Waals surface area (Å²) in [4.78, 5) is 24.4. The number of aromatic nitrogens is 1. The number of carbonyl (C=O) groups is 2. The minimum atomic E-state index is -0.420. The van der Waals surface area contributed by atoms with Crippen LogP contribution in [0.25, 0.3) is 11.8 Å². The number of esters is 1. The van der Waals surface area contributed by atoms with Gasteiger partial charge in [-0.2, -0.15) is 5.26 Å². The van der Waals surface area contributed by atoms with E-state index in [1.165, 1.54) is 7.11 Å². The third-order valence-corrected chi connectivity index (χ3v) is 5.33. The quantitative estimate of drug-likeness (QED) is 0.352. The molecule has 32 heavy (non-hydrogen) atoms. The van der Waals surface area contributed by atoms with Gasteiger partial charge in [-0.05, 0) is 68.3 Å². The topological polar surface area (TPSA) is 84.1 Å². The highest BCUT2D eigenvalue weighted by Gasteiger charge is 2.16. The molecule has 0 saturated heterocycles. The summed E-state index contributed by atoms with van der Waals surface area (Å²) in [6.07, 6.45) is 1.61. The number of hydrogen-bond donors (Lipinski definition) is 1. The molecule has 0 spiro atoms. The molecule has 1 aromatic heterocycles. The van der Waals surface area contributed by atoms with E-state index >= 15 is 0 Å². The lowest BCUT2D eigenvalue weighted by Gasteiger charge is -2.13. The van der Waals surface area contributed by atoms with Gasteiger partial charge in [-0.1, -0.05) is 30.3 Å². The lowest BCUT2D eigenvalue weighted by molar-refractivity contribution is -0.117. The van der Waals surface area contributed by atoms with Crippen LogP contribution in [0.3, 0.4) is 0 Å². The second-order valence-corrected chi connectivity index (χ2v) is 7.48. The highest BCUT2D eigenvalue weighted by atomic mass is 16.5.